The third kappa shape index (κ3) is 4.59. The van der Waals surface area contributed by atoms with Crippen LogP contribution in [0.25, 0.3) is 6.08 Å². The lowest BCUT2D eigenvalue weighted by molar-refractivity contribution is -0.117. The van der Waals surface area contributed by atoms with Crippen molar-refractivity contribution < 1.29 is 23.7 Å². The molecule has 0 spiro atoms. The zero-order valence-corrected chi connectivity index (χ0v) is 15.4. The third-order valence-corrected chi connectivity index (χ3v) is 4.05. The quantitative estimate of drug-likeness (QED) is 0.691. The van der Waals surface area contributed by atoms with E-state index in [-0.39, 0.29) is 18.7 Å². The van der Waals surface area contributed by atoms with Crippen LogP contribution in [0.15, 0.2) is 12.1 Å². The summed E-state index contributed by atoms with van der Waals surface area (Å²) >= 11 is 0. The van der Waals surface area contributed by atoms with Crippen molar-refractivity contribution in [3.8, 4) is 23.0 Å². The van der Waals surface area contributed by atoms with Crippen molar-refractivity contribution in [1.29, 1.82) is 0 Å². The van der Waals surface area contributed by atoms with Gasteiger partial charge in [-0.15, -0.1) is 0 Å². The van der Waals surface area contributed by atoms with Crippen LogP contribution < -0.4 is 24.3 Å². The van der Waals surface area contributed by atoms with Crippen molar-refractivity contribution in [3.63, 3.8) is 0 Å². The summed E-state index contributed by atoms with van der Waals surface area (Å²) in [4.78, 5) is 12.2. The van der Waals surface area contributed by atoms with E-state index in [1.54, 1.807) is 26.4 Å². The summed E-state index contributed by atoms with van der Waals surface area (Å²) in [5, 5.41) is 3.05. The maximum Gasteiger partial charge on any atom is 0.244 e. The van der Waals surface area contributed by atoms with E-state index in [0.717, 1.165) is 25.7 Å². The van der Waals surface area contributed by atoms with Gasteiger partial charge in [-0.1, -0.05) is 26.7 Å². The van der Waals surface area contributed by atoms with E-state index in [0.29, 0.717) is 28.6 Å². The molecule has 138 valence electrons. The minimum atomic E-state index is -0.120. The number of methoxy groups -OCH3 is 2. The molecule has 0 fully saturated rings. The Balaban J connectivity index is 2.18. The van der Waals surface area contributed by atoms with Crippen LogP contribution >= 0.6 is 0 Å². The predicted octanol–water partition coefficient (Wildman–Crippen LogP) is 3.53. The molecular formula is C19H27NO5. The molecule has 1 heterocycles. The maximum atomic E-state index is 12.2. The van der Waals surface area contributed by atoms with Gasteiger partial charge in [-0.3, -0.25) is 4.79 Å². The normalized spacial score (nSPS) is 12.7. The molecular weight excluding hydrogens is 322 g/mol. The summed E-state index contributed by atoms with van der Waals surface area (Å²) < 4.78 is 21.7. The largest absolute Gasteiger partial charge is 0.492 e. The van der Waals surface area contributed by atoms with Gasteiger partial charge in [0.05, 0.1) is 14.2 Å². The summed E-state index contributed by atoms with van der Waals surface area (Å²) in [6.07, 6.45) is 7.26. The Morgan fingerprint density at radius 2 is 1.88 bits per heavy atom. The minimum Gasteiger partial charge on any atom is -0.492 e. The molecule has 0 bridgehead atoms. The van der Waals surface area contributed by atoms with Gasteiger partial charge in [-0.25, -0.2) is 0 Å². The smallest absolute Gasteiger partial charge is 0.244 e. The first kappa shape index (κ1) is 19.0. The molecule has 0 aromatic heterocycles. The predicted molar refractivity (Wildman–Crippen MR) is 96.4 cm³/mol. The van der Waals surface area contributed by atoms with Gasteiger partial charge in [0.25, 0.3) is 0 Å². The van der Waals surface area contributed by atoms with Gasteiger partial charge in [0.15, 0.2) is 11.5 Å². The summed E-state index contributed by atoms with van der Waals surface area (Å²) in [7, 11) is 3.09. The van der Waals surface area contributed by atoms with E-state index in [4.69, 9.17) is 18.9 Å². The Kier molecular flexibility index (Phi) is 6.98. The van der Waals surface area contributed by atoms with Gasteiger partial charge in [0.1, 0.15) is 0 Å². The van der Waals surface area contributed by atoms with Crippen LogP contribution in [0.1, 0.15) is 45.1 Å². The van der Waals surface area contributed by atoms with Crippen LogP contribution in [0, 0.1) is 0 Å². The van der Waals surface area contributed by atoms with Gasteiger partial charge in [0.2, 0.25) is 24.2 Å². The second kappa shape index (κ2) is 9.20. The van der Waals surface area contributed by atoms with Crippen LogP contribution in [0.4, 0.5) is 0 Å². The Labute approximate surface area is 149 Å². The number of carbonyl (C=O) groups is 1. The van der Waals surface area contributed by atoms with E-state index in [9.17, 15) is 4.79 Å². The maximum absolute atomic E-state index is 12.2. The molecule has 0 radical (unpaired) electrons. The topological polar surface area (TPSA) is 66.0 Å². The SMILES string of the molecule is CCCC(CCC)NC(=O)C=Cc1cc2c(c(OC)c1OC)OCO2. The monoisotopic (exact) mass is 349 g/mol. The van der Waals surface area contributed by atoms with Crippen LogP contribution in [0.3, 0.4) is 0 Å². The molecule has 1 aromatic carbocycles. The fourth-order valence-electron chi connectivity index (χ4n) is 2.93. The summed E-state index contributed by atoms with van der Waals surface area (Å²) in [5.41, 5.74) is 0.696. The van der Waals surface area contributed by atoms with E-state index < -0.39 is 0 Å². The van der Waals surface area contributed by atoms with Crippen molar-refractivity contribution in [2.45, 2.75) is 45.6 Å². The van der Waals surface area contributed by atoms with Crippen molar-refractivity contribution in [3.05, 3.63) is 17.7 Å². The molecule has 0 aliphatic carbocycles. The summed E-state index contributed by atoms with van der Waals surface area (Å²) in [5.74, 6) is 1.95. The molecule has 0 saturated heterocycles. The Morgan fingerprint density at radius 1 is 1.20 bits per heavy atom. The molecule has 0 saturated carbocycles. The first-order valence-corrected chi connectivity index (χ1v) is 8.67. The van der Waals surface area contributed by atoms with Gasteiger partial charge in [-0.05, 0) is 25.0 Å². The van der Waals surface area contributed by atoms with Gasteiger partial charge < -0.3 is 24.3 Å². The number of ether oxygens (including phenoxy) is 4. The second-order valence-corrected chi connectivity index (χ2v) is 5.88. The number of amides is 1. The van der Waals surface area contributed by atoms with Crippen molar-refractivity contribution in [1.82, 2.24) is 5.32 Å². The fraction of sp³-hybridized carbons (Fsp3) is 0.526. The summed E-state index contributed by atoms with van der Waals surface area (Å²) in [6, 6.07) is 1.99. The molecule has 6 heteroatoms. The average Bonchev–Trinajstić information content (AvgIpc) is 3.07. The molecule has 0 atom stereocenters. The van der Waals surface area contributed by atoms with E-state index in [1.807, 2.05) is 0 Å². The van der Waals surface area contributed by atoms with Crippen molar-refractivity contribution in [2.24, 2.45) is 0 Å². The lowest BCUT2D eigenvalue weighted by Crippen LogP contribution is -2.33. The highest BCUT2D eigenvalue weighted by Crippen LogP contribution is 2.49. The zero-order valence-electron chi connectivity index (χ0n) is 15.4. The molecule has 1 amide bonds. The molecule has 1 aliphatic heterocycles. The zero-order chi connectivity index (χ0) is 18.2. The van der Waals surface area contributed by atoms with Crippen LogP contribution in [-0.4, -0.2) is 33.0 Å². The van der Waals surface area contributed by atoms with Crippen LogP contribution in [0.5, 0.6) is 23.0 Å². The van der Waals surface area contributed by atoms with Crippen molar-refractivity contribution in [2.75, 3.05) is 21.0 Å². The lowest BCUT2D eigenvalue weighted by Gasteiger charge is -2.16. The van der Waals surface area contributed by atoms with Crippen molar-refractivity contribution >= 4 is 12.0 Å². The number of hydrogen-bond donors (Lipinski definition) is 1. The molecule has 25 heavy (non-hydrogen) atoms. The first-order valence-electron chi connectivity index (χ1n) is 8.67. The Bertz CT molecular complexity index is 621. The summed E-state index contributed by atoms with van der Waals surface area (Å²) in [6.45, 7) is 4.38. The molecule has 1 N–H and O–H groups in total. The number of benzene rings is 1. The average molecular weight is 349 g/mol. The number of nitrogens with one attached hydrogen (secondary N) is 1. The van der Waals surface area contributed by atoms with Crippen LogP contribution in [0.2, 0.25) is 0 Å². The number of rotatable bonds is 9. The number of carbonyl (C=O) groups excluding carboxylic acids is 1. The van der Waals surface area contributed by atoms with Gasteiger partial charge in [-0.2, -0.15) is 0 Å². The van der Waals surface area contributed by atoms with E-state index >= 15 is 0 Å². The molecule has 2 rings (SSSR count). The Morgan fingerprint density at radius 3 is 2.48 bits per heavy atom. The molecule has 6 nitrogen and oxygen atoms in total. The van der Waals surface area contributed by atoms with Gasteiger partial charge in [0, 0.05) is 17.7 Å². The standard InChI is InChI=1S/C19H27NO5/c1-5-7-14(8-6-2)20-16(21)10-9-13-11-15-18(25-12-24-15)19(23-4)17(13)22-3/h9-11,14H,5-8,12H2,1-4H3,(H,20,21). The van der Waals surface area contributed by atoms with Crippen LogP contribution in [-0.2, 0) is 4.79 Å². The highest BCUT2D eigenvalue weighted by atomic mass is 16.7. The highest BCUT2D eigenvalue weighted by Gasteiger charge is 2.25. The molecule has 0 unspecified atom stereocenters. The third-order valence-electron chi connectivity index (χ3n) is 4.05. The second-order valence-electron chi connectivity index (χ2n) is 5.88. The van der Waals surface area contributed by atoms with E-state index in [1.165, 1.54) is 6.08 Å². The fourth-order valence-corrected chi connectivity index (χ4v) is 2.93. The minimum absolute atomic E-state index is 0.120. The Hall–Kier alpha value is -2.37. The van der Waals surface area contributed by atoms with E-state index in [2.05, 4.69) is 19.2 Å². The highest BCUT2D eigenvalue weighted by molar-refractivity contribution is 5.92. The molecule has 1 aliphatic rings. The number of fused-ring (bicyclic) bond motifs is 1. The number of hydrogen-bond acceptors (Lipinski definition) is 5. The first-order chi connectivity index (χ1) is 12.1. The van der Waals surface area contributed by atoms with Gasteiger partial charge >= 0.3 is 0 Å². The lowest BCUT2D eigenvalue weighted by atomic mass is 10.1. The molecule has 1 aromatic rings.